The Labute approximate surface area is 129 Å². The van der Waals surface area contributed by atoms with E-state index < -0.39 is 0 Å². The van der Waals surface area contributed by atoms with Gasteiger partial charge in [-0.15, -0.1) is 11.8 Å². The summed E-state index contributed by atoms with van der Waals surface area (Å²) >= 11 is 7.97. The molecule has 108 valence electrons. The molecule has 1 N–H and O–H groups in total. The van der Waals surface area contributed by atoms with Gasteiger partial charge >= 0.3 is 0 Å². The van der Waals surface area contributed by atoms with Gasteiger partial charge in [0.05, 0.1) is 5.02 Å². The van der Waals surface area contributed by atoms with Crippen LogP contribution < -0.4 is 5.32 Å². The zero-order valence-corrected chi connectivity index (χ0v) is 13.4. The molecule has 0 radical (unpaired) electrons. The molecule has 0 aliphatic heterocycles. The van der Waals surface area contributed by atoms with Gasteiger partial charge in [0, 0.05) is 42.6 Å². The van der Waals surface area contributed by atoms with Crippen molar-refractivity contribution in [1.29, 1.82) is 0 Å². The van der Waals surface area contributed by atoms with E-state index in [0.717, 1.165) is 34.3 Å². The first-order valence-electron chi connectivity index (χ1n) is 6.71. The van der Waals surface area contributed by atoms with Gasteiger partial charge in [-0.25, -0.2) is 4.98 Å². The molecule has 0 amide bonds. The van der Waals surface area contributed by atoms with Gasteiger partial charge in [0.2, 0.25) is 0 Å². The summed E-state index contributed by atoms with van der Waals surface area (Å²) in [4.78, 5) is 5.51. The predicted molar refractivity (Wildman–Crippen MR) is 86.6 cm³/mol. The van der Waals surface area contributed by atoms with Gasteiger partial charge in [0.1, 0.15) is 5.82 Å². The lowest BCUT2D eigenvalue weighted by atomic mass is 10.2. The average Bonchev–Trinajstić information content (AvgIpc) is 2.86. The van der Waals surface area contributed by atoms with E-state index in [4.69, 9.17) is 11.6 Å². The number of thioether (sulfide) groups is 1. The topological polar surface area (TPSA) is 29.9 Å². The molecule has 1 aromatic heterocycles. The van der Waals surface area contributed by atoms with Gasteiger partial charge in [-0.3, -0.25) is 0 Å². The van der Waals surface area contributed by atoms with E-state index in [1.807, 2.05) is 44.7 Å². The summed E-state index contributed by atoms with van der Waals surface area (Å²) < 4.78 is 2.08. The van der Waals surface area contributed by atoms with Crippen LogP contribution in [0.3, 0.4) is 0 Å². The maximum absolute atomic E-state index is 6.18. The van der Waals surface area contributed by atoms with Crippen molar-refractivity contribution in [3.05, 3.63) is 47.5 Å². The van der Waals surface area contributed by atoms with Crippen molar-refractivity contribution in [2.75, 3.05) is 12.8 Å². The Kier molecular flexibility index (Phi) is 5.95. The van der Waals surface area contributed by atoms with E-state index in [2.05, 4.69) is 20.9 Å². The zero-order valence-electron chi connectivity index (χ0n) is 11.8. The molecule has 5 heteroatoms. The Bertz CT molecular complexity index is 541. The molecular formula is C15H20ClN3S. The second-order valence-electron chi connectivity index (χ2n) is 4.72. The van der Waals surface area contributed by atoms with Crippen molar-refractivity contribution in [2.24, 2.45) is 7.05 Å². The fourth-order valence-electron chi connectivity index (χ4n) is 2.00. The van der Waals surface area contributed by atoms with Crippen LogP contribution in [0.5, 0.6) is 0 Å². The highest BCUT2D eigenvalue weighted by molar-refractivity contribution is 7.99. The second-order valence-corrected chi connectivity index (χ2v) is 6.19. The minimum Gasteiger partial charge on any atom is -0.338 e. The summed E-state index contributed by atoms with van der Waals surface area (Å²) in [5.41, 5.74) is 0. The first-order valence-corrected chi connectivity index (χ1v) is 8.08. The Hall–Kier alpha value is -0.970. The number of imidazole rings is 1. The molecule has 1 atom stereocenters. The number of nitrogens with one attached hydrogen (secondary N) is 1. The summed E-state index contributed by atoms with van der Waals surface area (Å²) in [5.74, 6) is 2.14. The summed E-state index contributed by atoms with van der Waals surface area (Å²) in [6.45, 7) is 0. The van der Waals surface area contributed by atoms with Crippen LogP contribution in [-0.2, 0) is 13.5 Å². The molecule has 2 rings (SSSR count). The third kappa shape index (κ3) is 4.27. The lowest BCUT2D eigenvalue weighted by Crippen LogP contribution is -2.28. The standard InChI is InChI=1S/C15H20ClN3S/c1-17-12(7-8-15-18-9-10-19(15)2)11-20-14-6-4-3-5-13(14)16/h3-6,9-10,12,17H,7-8,11H2,1-2H3. The molecule has 0 bridgehead atoms. The highest BCUT2D eigenvalue weighted by Gasteiger charge is 2.10. The largest absolute Gasteiger partial charge is 0.338 e. The van der Waals surface area contributed by atoms with Crippen LogP contribution in [0.4, 0.5) is 0 Å². The molecule has 0 aliphatic carbocycles. The molecule has 20 heavy (non-hydrogen) atoms. The van der Waals surface area contributed by atoms with Gasteiger partial charge in [-0.2, -0.15) is 0 Å². The van der Waals surface area contributed by atoms with Crippen LogP contribution in [-0.4, -0.2) is 28.4 Å². The first-order chi connectivity index (χ1) is 9.70. The van der Waals surface area contributed by atoms with Crippen molar-refractivity contribution in [3.8, 4) is 0 Å². The van der Waals surface area contributed by atoms with Gasteiger partial charge in [-0.1, -0.05) is 23.7 Å². The fourth-order valence-corrected chi connectivity index (χ4v) is 3.40. The van der Waals surface area contributed by atoms with E-state index in [-0.39, 0.29) is 0 Å². The molecule has 1 aromatic carbocycles. The SMILES string of the molecule is CNC(CCc1nccn1C)CSc1ccccc1Cl. The van der Waals surface area contributed by atoms with Crippen molar-refractivity contribution in [1.82, 2.24) is 14.9 Å². The zero-order chi connectivity index (χ0) is 14.4. The first kappa shape index (κ1) is 15.4. The molecule has 1 unspecified atom stereocenters. The molecule has 3 nitrogen and oxygen atoms in total. The molecular weight excluding hydrogens is 290 g/mol. The number of nitrogens with zero attached hydrogens (tertiary/aromatic N) is 2. The summed E-state index contributed by atoms with van der Waals surface area (Å²) in [7, 11) is 4.05. The summed E-state index contributed by atoms with van der Waals surface area (Å²) in [5, 5.41) is 4.20. The summed E-state index contributed by atoms with van der Waals surface area (Å²) in [6, 6.07) is 8.44. The molecule has 1 heterocycles. The van der Waals surface area contributed by atoms with Gasteiger partial charge in [0.15, 0.2) is 0 Å². The molecule has 2 aromatic rings. The number of halogens is 1. The predicted octanol–water partition coefficient (Wildman–Crippen LogP) is 3.39. The van der Waals surface area contributed by atoms with Crippen molar-refractivity contribution in [3.63, 3.8) is 0 Å². The number of rotatable bonds is 7. The second kappa shape index (κ2) is 7.72. The number of hydrogen-bond donors (Lipinski definition) is 1. The Morgan fingerprint density at radius 2 is 2.20 bits per heavy atom. The maximum Gasteiger partial charge on any atom is 0.108 e. The molecule has 0 saturated carbocycles. The fraction of sp³-hybridized carbons (Fsp3) is 0.400. The molecule has 0 fully saturated rings. The van der Waals surface area contributed by atoms with E-state index in [1.54, 1.807) is 11.8 Å². The van der Waals surface area contributed by atoms with Gasteiger partial charge < -0.3 is 9.88 Å². The third-order valence-corrected chi connectivity index (χ3v) is 5.00. The van der Waals surface area contributed by atoms with Gasteiger partial charge in [0.25, 0.3) is 0 Å². The number of hydrogen-bond acceptors (Lipinski definition) is 3. The van der Waals surface area contributed by atoms with E-state index >= 15 is 0 Å². The number of aromatic nitrogens is 2. The third-order valence-electron chi connectivity index (χ3n) is 3.32. The van der Waals surface area contributed by atoms with Crippen LogP contribution in [0.1, 0.15) is 12.2 Å². The monoisotopic (exact) mass is 309 g/mol. The van der Waals surface area contributed by atoms with E-state index in [1.165, 1.54) is 0 Å². The Morgan fingerprint density at radius 1 is 1.40 bits per heavy atom. The highest BCUT2D eigenvalue weighted by atomic mass is 35.5. The maximum atomic E-state index is 6.18. The van der Waals surface area contributed by atoms with Crippen LogP contribution >= 0.6 is 23.4 Å². The molecule has 0 spiro atoms. The van der Waals surface area contributed by atoms with Crippen molar-refractivity contribution < 1.29 is 0 Å². The normalized spacial score (nSPS) is 12.6. The average molecular weight is 310 g/mol. The molecule has 0 saturated heterocycles. The van der Waals surface area contributed by atoms with Crippen LogP contribution in [0.25, 0.3) is 0 Å². The van der Waals surface area contributed by atoms with E-state index in [0.29, 0.717) is 6.04 Å². The Morgan fingerprint density at radius 3 is 2.85 bits per heavy atom. The van der Waals surface area contributed by atoms with Gasteiger partial charge in [-0.05, 0) is 25.6 Å². The smallest absolute Gasteiger partial charge is 0.108 e. The van der Waals surface area contributed by atoms with Crippen molar-refractivity contribution >= 4 is 23.4 Å². The van der Waals surface area contributed by atoms with Crippen LogP contribution in [0.15, 0.2) is 41.6 Å². The number of aryl methyl sites for hydroxylation is 2. The minimum absolute atomic E-state index is 0.452. The summed E-state index contributed by atoms with van der Waals surface area (Å²) in [6.07, 6.45) is 5.89. The highest BCUT2D eigenvalue weighted by Crippen LogP contribution is 2.27. The lowest BCUT2D eigenvalue weighted by molar-refractivity contribution is 0.557. The van der Waals surface area contributed by atoms with Crippen LogP contribution in [0, 0.1) is 0 Å². The molecule has 0 aliphatic rings. The number of benzene rings is 1. The lowest BCUT2D eigenvalue weighted by Gasteiger charge is -2.16. The quantitative estimate of drug-likeness (QED) is 0.795. The van der Waals surface area contributed by atoms with Crippen LogP contribution in [0.2, 0.25) is 5.02 Å². The minimum atomic E-state index is 0.452. The Balaban J connectivity index is 1.84. The van der Waals surface area contributed by atoms with E-state index in [9.17, 15) is 0 Å². The van der Waals surface area contributed by atoms with Crippen molar-refractivity contribution in [2.45, 2.75) is 23.8 Å².